The Balaban J connectivity index is 1.90. The normalized spacial score (nSPS) is 15.1. The summed E-state index contributed by atoms with van der Waals surface area (Å²) in [5.41, 5.74) is 6.42. The van der Waals surface area contributed by atoms with Crippen LogP contribution in [0.25, 0.3) is 0 Å². The quantitative estimate of drug-likeness (QED) is 0.872. The molecule has 1 saturated heterocycles. The molecule has 1 aliphatic heterocycles. The maximum atomic E-state index is 12.7. The van der Waals surface area contributed by atoms with Crippen molar-refractivity contribution < 1.29 is 22.6 Å². The molecule has 25 heavy (non-hydrogen) atoms. The van der Waals surface area contributed by atoms with Crippen LogP contribution < -0.4 is 20.7 Å². The van der Waals surface area contributed by atoms with E-state index in [4.69, 9.17) is 10.5 Å². The van der Waals surface area contributed by atoms with Gasteiger partial charge in [0.25, 0.3) is 0 Å². The van der Waals surface area contributed by atoms with Crippen LogP contribution in [0.1, 0.15) is 0 Å². The number of nitrogens with zero attached hydrogens (tertiary/aromatic N) is 3. The fraction of sp³-hybridized carbons (Fsp3) is 0.333. The SMILES string of the molecule is Nc1ccnc(Nc2ccc(OC(F)(F)F)c(N3CCOCC3)c2)n1. The Morgan fingerprint density at radius 2 is 1.96 bits per heavy atom. The Hall–Kier alpha value is -2.75. The number of ether oxygens (including phenoxy) is 2. The Morgan fingerprint density at radius 1 is 1.20 bits per heavy atom. The van der Waals surface area contributed by atoms with E-state index in [0.717, 1.165) is 0 Å². The standard InChI is InChI=1S/C15H16F3N5O2/c16-15(17,18)25-12-2-1-10(21-14-20-4-3-13(19)22-14)9-11(12)23-5-7-24-8-6-23/h1-4,9H,5-8H2,(H3,19,20,21,22). The van der Waals surface area contributed by atoms with Crippen molar-refractivity contribution >= 4 is 23.1 Å². The summed E-state index contributed by atoms with van der Waals surface area (Å²) in [4.78, 5) is 9.79. The first-order chi connectivity index (χ1) is 11.9. The third-order valence-corrected chi connectivity index (χ3v) is 3.47. The maximum Gasteiger partial charge on any atom is 0.573 e. The lowest BCUT2D eigenvalue weighted by Crippen LogP contribution is -2.36. The number of alkyl halides is 3. The van der Waals surface area contributed by atoms with E-state index in [1.165, 1.54) is 24.4 Å². The number of hydrogen-bond acceptors (Lipinski definition) is 7. The van der Waals surface area contributed by atoms with Gasteiger partial charge in [0, 0.05) is 25.0 Å². The summed E-state index contributed by atoms with van der Waals surface area (Å²) < 4.78 is 47.4. The Kier molecular flexibility index (Phi) is 4.79. The third-order valence-electron chi connectivity index (χ3n) is 3.47. The van der Waals surface area contributed by atoms with Gasteiger partial charge in [-0.1, -0.05) is 0 Å². The molecule has 7 nitrogen and oxygen atoms in total. The topological polar surface area (TPSA) is 85.5 Å². The summed E-state index contributed by atoms with van der Waals surface area (Å²) >= 11 is 0. The summed E-state index contributed by atoms with van der Waals surface area (Å²) in [7, 11) is 0. The summed E-state index contributed by atoms with van der Waals surface area (Å²) in [6.45, 7) is 1.79. The number of aromatic nitrogens is 2. The van der Waals surface area contributed by atoms with E-state index >= 15 is 0 Å². The molecule has 0 spiro atoms. The second-order valence-corrected chi connectivity index (χ2v) is 5.26. The average molecular weight is 355 g/mol. The minimum Gasteiger partial charge on any atom is -0.404 e. The average Bonchev–Trinajstić information content (AvgIpc) is 2.56. The van der Waals surface area contributed by atoms with Crippen molar-refractivity contribution in [3.05, 3.63) is 30.5 Å². The lowest BCUT2D eigenvalue weighted by molar-refractivity contribution is -0.274. The lowest BCUT2D eigenvalue weighted by atomic mass is 10.2. The van der Waals surface area contributed by atoms with Crippen LogP contribution in [-0.2, 0) is 4.74 Å². The van der Waals surface area contributed by atoms with E-state index in [-0.39, 0.29) is 17.5 Å². The molecule has 2 aromatic rings. The number of hydrogen-bond donors (Lipinski definition) is 2. The molecular weight excluding hydrogens is 339 g/mol. The van der Waals surface area contributed by atoms with Gasteiger partial charge >= 0.3 is 6.36 Å². The van der Waals surface area contributed by atoms with E-state index in [1.807, 2.05) is 0 Å². The number of nitrogens with one attached hydrogen (secondary N) is 1. The van der Waals surface area contributed by atoms with Crippen LogP contribution in [0, 0.1) is 0 Å². The molecule has 1 aromatic heterocycles. The van der Waals surface area contributed by atoms with Crippen molar-refractivity contribution in [3.8, 4) is 5.75 Å². The van der Waals surface area contributed by atoms with Gasteiger partial charge in [0.15, 0.2) is 5.75 Å². The monoisotopic (exact) mass is 355 g/mol. The fourth-order valence-electron chi connectivity index (χ4n) is 2.42. The first kappa shape index (κ1) is 17.1. The van der Waals surface area contributed by atoms with Gasteiger partial charge in [-0.05, 0) is 24.3 Å². The first-order valence-electron chi connectivity index (χ1n) is 7.49. The molecule has 10 heteroatoms. The molecule has 0 atom stereocenters. The van der Waals surface area contributed by atoms with Gasteiger partial charge in [-0.15, -0.1) is 13.2 Å². The Morgan fingerprint density at radius 3 is 2.64 bits per heavy atom. The highest BCUT2D eigenvalue weighted by Crippen LogP contribution is 2.36. The highest BCUT2D eigenvalue weighted by Gasteiger charge is 2.33. The molecular formula is C15H16F3N5O2. The second kappa shape index (κ2) is 7.01. The number of rotatable bonds is 4. The van der Waals surface area contributed by atoms with E-state index in [0.29, 0.717) is 37.7 Å². The molecule has 2 heterocycles. The molecule has 0 unspecified atom stereocenters. The predicted molar refractivity (Wildman–Crippen MR) is 85.9 cm³/mol. The second-order valence-electron chi connectivity index (χ2n) is 5.26. The van der Waals surface area contributed by atoms with Gasteiger partial charge in [0.1, 0.15) is 5.82 Å². The maximum absolute atomic E-state index is 12.7. The van der Waals surface area contributed by atoms with Gasteiger partial charge in [-0.3, -0.25) is 0 Å². The molecule has 0 amide bonds. The van der Waals surface area contributed by atoms with E-state index < -0.39 is 6.36 Å². The van der Waals surface area contributed by atoms with E-state index in [2.05, 4.69) is 20.0 Å². The van der Waals surface area contributed by atoms with Crippen molar-refractivity contribution in [1.82, 2.24) is 9.97 Å². The highest BCUT2D eigenvalue weighted by atomic mass is 19.4. The molecule has 3 rings (SSSR count). The summed E-state index contributed by atoms with van der Waals surface area (Å²) in [5.74, 6) is 0.258. The number of halogens is 3. The van der Waals surface area contributed by atoms with Crippen molar-refractivity contribution in [1.29, 1.82) is 0 Å². The van der Waals surface area contributed by atoms with Gasteiger partial charge < -0.3 is 25.4 Å². The van der Waals surface area contributed by atoms with Crippen LogP contribution in [0.4, 0.5) is 36.3 Å². The molecule has 1 fully saturated rings. The van der Waals surface area contributed by atoms with Crippen LogP contribution >= 0.6 is 0 Å². The zero-order chi connectivity index (χ0) is 17.9. The number of nitrogens with two attached hydrogens (primary N) is 1. The van der Waals surface area contributed by atoms with Gasteiger partial charge in [0.2, 0.25) is 5.95 Å². The van der Waals surface area contributed by atoms with Crippen molar-refractivity contribution in [3.63, 3.8) is 0 Å². The van der Waals surface area contributed by atoms with Crippen LogP contribution in [-0.4, -0.2) is 42.6 Å². The van der Waals surface area contributed by atoms with E-state index in [9.17, 15) is 13.2 Å². The minimum atomic E-state index is -4.77. The largest absolute Gasteiger partial charge is 0.573 e. The lowest BCUT2D eigenvalue weighted by Gasteiger charge is -2.30. The van der Waals surface area contributed by atoms with Gasteiger partial charge in [-0.2, -0.15) is 4.98 Å². The summed E-state index contributed by atoms with van der Waals surface area (Å²) in [6.07, 6.45) is -3.29. The van der Waals surface area contributed by atoms with Crippen LogP contribution in [0.2, 0.25) is 0 Å². The molecule has 0 saturated carbocycles. The zero-order valence-corrected chi connectivity index (χ0v) is 13.1. The molecule has 0 bridgehead atoms. The summed E-state index contributed by atoms with van der Waals surface area (Å²) in [5, 5.41) is 2.92. The highest BCUT2D eigenvalue weighted by molar-refractivity contribution is 5.69. The fourth-order valence-corrected chi connectivity index (χ4v) is 2.42. The predicted octanol–water partition coefficient (Wildman–Crippen LogP) is 2.54. The van der Waals surface area contributed by atoms with Crippen LogP contribution in [0.3, 0.4) is 0 Å². The van der Waals surface area contributed by atoms with Crippen molar-refractivity contribution in [2.24, 2.45) is 0 Å². The van der Waals surface area contributed by atoms with Crippen LogP contribution in [0.5, 0.6) is 5.75 Å². The zero-order valence-electron chi connectivity index (χ0n) is 13.1. The molecule has 0 radical (unpaired) electrons. The Labute approximate surface area is 141 Å². The van der Waals surface area contributed by atoms with Gasteiger partial charge in [0.05, 0.1) is 18.9 Å². The van der Waals surface area contributed by atoms with Crippen molar-refractivity contribution in [2.45, 2.75) is 6.36 Å². The third kappa shape index (κ3) is 4.63. The number of morpholine rings is 1. The molecule has 3 N–H and O–H groups in total. The van der Waals surface area contributed by atoms with E-state index in [1.54, 1.807) is 11.0 Å². The first-order valence-corrected chi connectivity index (χ1v) is 7.49. The molecule has 0 aliphatic carbocycles. The van der Waals surface area contributed by atoms with Crippen LogP contribution in [0.15, 0.2) is 30.5 Å². The van der Waals surface area contributed by atoms with Gasteiger partial charge in [-0.25, -0.2) is 4.98 Å². The molecule has 134 valence electrons. The number of benzene rings is 1. The number of anilines is 4. The summed E-state index contributed by atoms with van der Waals surface area (Å²) in [6, 6.07) is 5.80. The number of nitrogen functional groups attached to an aromatic ring is 1. The molecule has 1 aliphatic rings. The molecule has 1 aromatic carbocycles. The Bertz CT molecular complexity index is 735. The smallest absolute Gasteiger partial charge is 0.404 e. The minimum absolute atomic E-state index is 0.248. The van der Waals surface area contributed by atoms with Crippen molar-refractivity contribution in [2.75, 3.05) is 42.3 Å².